The molecule has 3 aromatic rings. The second-order valence-corrected chi connectivity index (χ2v) is 11.5. The predicted molar refractivity (Wildman–Crippen MR) is 163 cm³/mol. The fraction of sp³-hybridized carbons (Fsp3) is 0.417. The van der Waals surface area contributed by atoms with Crippen molar-refractivity contribution in [2.75, 3.05) is 7.11 Å². The van der Waals surface area contributed by atoms with Crippen LogP contribution in [0.1, 0.15) is 37.0 Å². The quantitative estimate of drug-likeness (QED) is 0.204. The van der Waals surface area contributed by atoms with Gasteiger partial charge in [-0.05, 0) is 16.7 Å². The Bertz CT molecular complexity index is 1400. The summed E-state index contributed by atoms with van der Waals surface area (Å²) in [5.74, 6) is -3.47. The van der Waals surface area contributed by atoms with Crippen LogP contribution in [0.15, 0.2) is 91.0 Å². The van der Waals surface area contributed by atoms with Gasteiger partial charge >= 0.3 is 17.9 Å². The number of hydrogen-bond donors (Lipinski definition) is 0. The zero-order chi connectivity index (χ0) is 31.8. The van der Waals surface area contributed by atoms with Crippen molar-refractivity contribution in [3.8, 4) is 0 Å². The van der Waals surface area contributed by atoms with Crippen molar-refractivity contribution >= 4 is 17.9 Å². The Morgan fingerprint density at radius 3 is 1.42 bits per heavy atom. The van der Waals surface area contributed by atoms with E-state index in [-0.39, 0.29) is 26.2 Å². The zero-order valence-corrected chi connectivity index (χ0v) is 25.8. The number of hydrogen-bond acceptors (Lipinski definition) is 9. The summed E-state index contributed by atoms with van der Waals surface area (Å²) in [5, 5.41) is 0. The molecule has 2 aliphatic rings. The molecule has 8 atom stereocenters. The highest BCUT2D eigenvalue weighted by Gasteiger charge is 2.64. The largest absolute Gasteiger partial charge is 0.469 e. The van der Waals surface area contributed by atoms with Gasteiger partial charge < -0.3 is 28.4 Å². The Kier molecular flexibility index (Phi) is 11.0. The summed E-state index contributed by atoms with van der Waals surface area (Å²) in [6, 6.07) is 29.2. The Balaban J connectivity index is 1.59. The molecule has 9 heteroatoms. The Morgan fingerprint density at radius 1 is 0.578 bits per heavy atom. The minimum Gasteiger partial charge on any atom is -0.469 e. The SMILES string of the molecule is COC(=O)[C@H]1C[C@H](OC(C)=O)[C@H](OC(C)=O)[C@H]2[C@@H](OCc3ccccc3)[C@H](OCc3ccccc3)[C@@H](OCc3ccccc3)[C@@H]21. The summed E-state index contributed by atoms with van der Waals surface area (Å²) in [4.78, 5) is 38.2. The molecule has 9 nitrogen and oxygen atoms in total. The fourth-order valence-corrected chi connectivity index (χ4v) is 6.74. The summed E-state index contributed by atoms with van der Waals surface area (Å²) in [6.07, 6.45) is -3.75. The maximum atomic E-state index is 13.5. The molecule has 0 saturated heterocycles. The van der Waals surface area contributed by atoms with Crippen LogP contribution in [0, 0.1) is 17.8 Å². The topological polar surface area (TPSA) is 107 Å². The van der Waals surface area contributed by atoms with Crippen molar-refractivity contribution in [2.24, 2.45) is 17.8 Å². The molecule has 0 spiro atoms. The van der Waals surface area contributed by atoms with Crippen LogP contribution in [0.4, 0.5) is 0 Å². The van der Waals surface area contributed by atoms with Crippen molar-refractivity contribution in [2.45, 2.75) is 70.6 Å². The molecule has 0 amide bonds. The second-order valence-electron chi connectivity index (χ2n) is 11.5. The highest BCUT2D eigenvalue weighted by molar-refractivity contribution is 5.74. The van der Waals surface area contributed by atoms with Crippen LogP contribution in [0.3, 0.4) is 0 Å². The van der Waals surface area contributed by atoms with Crippen molar-refractivity contribution in [3.05, 3.63) is 108 Å². The molecule has 0 N–H and O–H groups in total. The molecule has 2 saturated carbocycles. The molecule has 238 valence electrons. The van der Waals surface area contributed by atoms with E-state index in [2.05, 4.69) is 0 Å². The number of fused-ring (bicyclic) bond motifs is 1. The van der Waals surface area contributed by atoms with Crippen LogP contribution in [0.25, 0.3) is 0 Å². The first-order valence-electron chi connectivity index (χ1n) is 15.2. The van der Waals surface area contributed by atoms with Crippen LogP contribution in [-0.4, -0.2) is 55.5 Å². The maximum Gasteiger partial charge on any atom is 0.309 e. The van der Waals surface area contributed by atoms with Gasteiger partial charge in [0.25, 0.3) is 0 Å². The number of methoxy groups -OCH3 is 1. The van der Waals surface area contributed by atoms with E-state index in [9.17, 15) is 14.4 Å². The minimum atomic E-state index is -0.911. The summed E-state index contributed by atoms with van der Waals surface area (Å²) >= 11 is 0. The van der Waals surface area contributed by atoms with Gasteiger partial charge in [-0.2, -0.15) is 0 Å². The van der Waals surface area contributed by atoms with Crippen LogP contribution in [0.5, 0.6) is 0 Å². The van der Waals surface area contributed by atoms with Gasteiger partial charge in [0.2, 0.25) is 0 Å². The van der Waals surface area contributed by atoms with Crippen LogP contribution in [0.2, 0.25) is 0 Å². The highest BCUT2D eigenvalue weighted by atomic mass is 16.6. The Hall–Kier alpha value is -4.05. The van der Waals surface area contributed by atoms with E-state index in [1.165, 1.54) is 21.0 Å². The summed E-state index contributed by atoms with van der Waals surface area (Å²) in [6.45, 7) is 3.35. The smallest absolute Gasteiger partial charge is 0.309 e. The number of ether oxygens (including phenoxy) is 6. The van der Waals surface area contributed by atoms with Crippen molar-refractivity contribution in [1.29, 1.82) is 0 Å². The van der Waals surface area contributed by atoms with Crippen LogP contribution >= 0.6 is 0 Å². The average molecular weight is 617 g/mol. The van der Waals surface area contributed by atoms with Crippen molar-refractivity contribution < 1.29 is 42.8 Å². The van der Waals surface area contributed by atoms with Crippen molar-refractivity contribution in [1.82, 2.24) is 0 Å². The van der Waals surface area contributed by atoms with Gasteiger partial charge in [0.1, 0.15) is 18.3 Å². The Morgan fingerprint density at radius 2 is 1.00 bits per heavy atom. The van der Waals surface area contributed by atoms with Gasteiger partial charge in [0.15, 0.2) is 0 Å². The van der Waals surface area contributed by atoms with E-state index in [1.54, 1.807) is 0 Å². The molecular weight excluding hydrogens is 576 g/mol. The summed E-state index contributed by atoms with van der Waals surface area (Å²) in [7, 11) is 1.33. The van der Waals surface area contributed by atoms with Gasteiger partial charge in [-0.1, -0.05) is 91.0 Å². The third-order valence-electron chi connectivity index (χ3n) is 8.53. The molecular formula is C36H40O9. The predicted octanol–water partition coefficient (Wildman–Crippen LogP) is 5.04. The molecule has 0 bridgehead atoms. The molecule has 0 unspecified atom stereocenters. The number of benzene rings is 3. The van der Waals surface area contributed by atoms with E-state index in [4.69, 9.17) is 28.4 Å². The number of carbonyl (C=O) groups excluding carboxylic acids is 3. The van der Waals surface area contributed by atoms with E-state index in [1.807, 2.05) is 91.0 Å². The average Bonchev–Trinajstić information content (AvgIpc) is 3.36. The molecule has 0 heterocycles. The first-order chi connectivity index (χ1) is 21.9. The van der Waals surface area contributed by atoms with E-state index >= 15 is 0 Å². The van der Waals surface area contributed by atoms with Gasteiger partial charge in [0, 0.05) is 32.1 Å². The van der Waals surface area contributed by atoms with E-state index in [0.717, 1.165) is 16.7 Å². The van der Waals surface area contributed by atoms with E-state index < -0.39 is 66.2 Å². The number of carbonyl (C=O) groups is 3. The Labute approximate surface area is 263 Å². The summed E-state index contributed by atoms with van der Waals surface area (Å²) in [5.41, 5.74) is 2.84. The lowest BCUT2D eigenvalue weighted by atomic mass is 9.69. The normalized spacial score (nSPS) is 27.3. The molecule has 0 radical (unpaired) electrons. The lowest BCUT2D eigenvalue weighted by Gasteiger charge is -2.44. The molecule has 5 rings (SSSR count). The molecule has 45 heavy (non-hydrogen) atoms. The van der Waals surface area contributed by atoms with Crippen LogP contribution < -0.4 is 0 Å². The van der Waals surface area contributed by atoms with Gasteiger partial charge in [0.05, 0.1) is 45.1 Å². The molecule has 3 aromatic carbocycles. The minimum absolute atomic E-state index is 0.0906. The first kappa shape index (κ1) is 32.3. The highest BCUT2D eigenvalue weighted by Crippen LogP contribution is 2.52. The monoisotopic (exact) mass is 616 g/mol. The molecule has 2 fully saturated rings. The third kappa shape index (κ3) is 7.97. The lowest BCUT2D eigenvalue weighted by Crippen LogP contribution is -2.55. The molecule has 0 aromatic heterocycles. The second kappa shape index (κ2) is 15.3. The van der Waals surface area contributed by atoms with Crippen LogP contribution in [-0.2, 0) is 62.6 Å². The lowest BCUT2D eigenvalue weighted by molar-refractivity contribution is -0.196. The van der Waals surface area contributed by atoms with E-state index in [0.29, 0.717) is 0 Å². The van der Waals surface area contributed by atoms with Crippen molar-refractivity contribution in [3.63, 3.8) is 0 Å². The zero-order valence-electron chi connectivity index (χ0n) is 25.8. The van der Waals surface area contributed by atoms with Gasteiger partial charge in [-0.15, -0.1) is 0 Å². The standard InChI is InChI=1S/C36H40O9/c1-23(37)44-29-19-28(36(39)40-3)30-31(32(29)45-24(2)38)34(42-21-26-15-9-5-10-16-26)35(43-22-27-17-11-6-12-18-27)33(30)41-20-25-13-7-4-8-14-25/h4-18,28-35H,19-22H2,1-3H3/t28-,29-,30+,31-,32-,33-,34+,35+/m0/s1. The molecule has 0 aliphatic heterocycles. The van der Waals surface area contributed by atoms with Gasteiger partial charge in [-0.3, -0.25) is 14.4 Å². The third-order valence-corrected chi connectivity index (χ3v) is 8.53. The maximum absolute atomic E-state index is 13.5. The fourth-order valence-electron chi connectivity index (χ4n) is 6.74. The molecule has 2 aliphatic carbocycles. The van der Waals surface area contributed by atoms with Gasteiger partial charge in [-0.25, -0.2) is 0 Å². The number of rotatable bonds is 12. The number of esters is 3. The first-order valence-corrected chi connectivity index (χ1v) is 15.2. The summed E-state index contributed by atoms with van der Waals surface area (Å²) < 4.78 is 36.9.